The quantitative estimate of drug-likeness (QED) is 0.727. The van der Waals surface area contributed by atoms with Crippen molar-refractivity contribution in [2.24, 2.45) is 5.41 Å². The molecule has 1 saturated carbocycles. The first-order valence-corrected chi connectivity index (χ1v) is 6.39. The number of carboxylic acid groups (broad SMARTS) is 1. The van der Waals surface area contributed by atoms with E-state index >= 15 is 0 Å². The summed E-state index contributed by atoms with van der Waals surface area (Å²) in [7, 11) is 0. The number of hydrogen-bond acceptors (Lipinski definition) is 3. The molecule has 98 valence electrons. The van der Waals surface area contributed by atoms with Crippen molar-refractivity contribution in [3.8, 4) is 0 Å². The average Bonchev–Trinajstić information content (AvgIpc) is 2.64. The SMILES string of the molecule is CCC(C)OC(=O)CC1(CC(=O)O)CCCC1. The molecule has 0 aromatic heterocycles. The zero-order chi connectivity index (χ0) is 12.9. The molecule has 17 heavy (non-hydrogen) atoms. The third-order valence-corrected chi connectivity index (χ3v) is 3.62. The first kappa shape index (κ1) is 14.0. The molecule has 0 amide bonds. The van der Waals surface area contributed by atoms with Gasteiger partial charge < -0.3 is 9.84 Å². The van der Waals surface area contributed by atoms with E-state index in [9.17, 15) is 9.59 Å². The Morgan fingerprint density at radius 3 is 2.35 bits per heavy atom. The molecular weight excluding hydrogens is 220 g/mol. The smallest absolute Gasteiger partial charge is 0.306 e. The van der Waals surface area contributed by atoms with Crippen LogP contribution in [0.4, 0.5) is 0 Å². The van der Waals surface area contributed by atoms with Crippen LogP contribution in [0.5, 0.6) is 0 Å². The van der Waals surface area contributed by atoms with Gasteiger partial charge in [-0.05, 0) is 31.6 Å². The summed E-state index contributed by atoms with van der Waals surface area (Å²) in [6, 6.07) is 0. The van der Waals surface area contributed by atoms with Crippen LogP contribution in [0, 0.1) is 5.41 Å². The van der Waals surface area contributed by atoms with Gasteiger partial charge in [0.25, 0.3) is 0 Å². The molecule has 0 heterocycles. The Morgan fingerprint density at radius 2 is 1.88 bits per heavy atom. The summed E-state index contributed by atoms with van der Waals surface area (Å²) in [4.78, 5) is 22.6. The highest BCUT2D eigenvalue weighted by Gasteiger charge is 2.38. The monoisotopic (exact) mass is 242 g/mol. The van der Waals surface area contributed by atoms with E-state index in [2.05, 4.69) is 0 Å². The fourth-order valence-corrected chi connectivity index (χ4v) is 2.52. The summed E-state index contributed by atoms with van der Waals surface area (Å²) in [5, 5.41) is 8.93. The maximum absolute atomic E-state index is 11.7. The molecule has 0 aromatic carbocycles. The highest BCUT2D eigenvalue weighted by atomic mass is 16.5. The molecular formula is C13H22O4. The molecule has 1 N–H and O–H groups in total. The lowest BCUT2D eigenvalue weighted by molar-refractivity contribution is -0.152. The Bertz CT molecular complexity index is 279. The molecule has 1 unspecified atom stereocenters. The van der Waals surface area contributed by atoms with Crippen molar-refractivity contribution in [2.75, 3.05) is 0 Å². The molecule has 1 atom stereocenters. The minimum Gasteiger partial charge on any atom is -0.481 e. The number of hydrogen-bond donors (Lipinski definition) is 1. The van der Waals surface area contributed by atoms with Gasteiger partial charge in [0.05, 0.1) is 18.9 Å². The standard InChI is InChI=1S/C13H22O4/c1-3-10(2)17-12(16)9-13(8-11(14)15)6-4-5-7-13/h10H,3-9H2,1-2H3,(H,14,15). The zero-order valence-electron chi connectivity index (χ0n) is 10.7. The van der Waals surface area contributed by atoms with E-state index in [-0.39, 0.29) is 30.3 Å². The second kappa shape index (κ2) is 6.03. The molecule has 0 saturated heterocycles. The number of carboxylic acids is 1. The number of carbonyl (C=O) groups is 2. The molecule has 0 aromatic rings. The van der Waals surface area contributed by atoms with Gasteiger partial charge in [-0.2, -0.15) is 0 Å². The van der Waals surface area contributed by atoms with Gasteiger partial charge in [0, 0.05) is 0 Å². The summed E-state index contributed by atoms with van der Waals surface area (Å²) in [5.41, 5.74) is -0.351. The van der Waals surface area contributed by atoms with Gasteiger partial charge in [0.2, 0.25) is 0 Å². The van der Waals surface area contributed by atoms with Crippen LogP contribution in [0.2, 0.25) is 0 Å². The Morgan fingerprint density at radius 1 is 1.29 bits per heavy atom. The van der Waals surface area contributed by atoms with Crippen LogP contribution >= 0.6 is 0 Å². The zero-order valence-corrected chi connectivity index (χ0v) is 10.7. The van der Waals surface area contributed by atoms with E-state index in [0.29, 0.717) is 0 Å². The first-order valence-electron chi connectivity index (χ1n) is 6.39. The van der Waals surface area contributed by atoms with E-state index in [0.717, 1.165) is 32.1 Å². The van der Waals surface area contributed by atoms with Gasteiger partial charge in [-0.15, -0.1) is 0 Å². The summed E-state index contributed by atoms with van der Waals surface area (Å²) in [6.07, 6.45) is 4.74. The third kappa shape index (κ3) is 4.36. The average molecular weight is 242 g/mol. The summed E-state index contributed by atoms with van der Waals surface area (Å²) < 4.78 is 5.24. The molecule has 1 rings (SSSR count). The molecule has 0 bridgehead atoms. The van der Waals surface area contributed by atoms with E-state index in [4.69, 9.17) is 9.84 Å². The van der Waals surface area contributed by atoms with E-state index in [1.807, 2.05) is 13.8 Å². The number of carbonyl (C=O) groups excluding carboxylic acids is 1. The Labute approximate surface area is 102 Å². The van der Waals surface area contributed by atoms with Crippen molar-refractivity contribution >= 4 is 11.9 Å². The molecule has 1 fully saturated rings. The van der Waals surface area contributed by atoms with Crippen molar-refractivity contribution in [3.05, 3.63) is 0 Å². The van der Waals surface area contributed by atoms with Crippen LogP contribution in [-0.4, -0.2) is 23.1 Å². The predicted molar refractivity (Wildman–Crippen MR) is 63.6 cm³/mol. The normalized spacial score (nSPS) is 19.9. The minimum absolute atomic E-state index is 0.0780. The van der Waals surface area contributed by atoms with Gasteiger partial charge >= 0.3 is 11.9 Å². The maximum Gasteiger partial charge on any atom is 0.306 e. The van der Waals surface area contributed by atoms with Gasteiger partial charge in [-0.25, -0.2) is 0 Å². The lowest BCUT2D eigenvalue weighted by Gasteiger charge is -2.26. The summed E-state index contributed by atoms with van der Waals surface area (Å²) >= 11 is 0. The summed E-state index contributed by atoms with van der Waals surface area (Å²) in [6.45, 7) is 3.82. The number of aliphatic carboxylic acids is 1. The van der Waals surface area contributed by atoms with E-state index in [1.54, 1.807) is 0 Å². The largest absolute Gasteiger partial charge is 0.481 e. The molecule has 0 aliphatic heterocycles. The van der Waals surface area contributed by atoms with Crippen LogP contribution < -0.4 is 0 Å². The highest BCUT2D eigenvalue weighted by Crippen LogP contribution is 2.44. The second-order valence-corrected chi connectivity index (χ2v) is 5.16. The topological polar surface area (TPSA) is 63.6 Å². The van der Waals surface area contributed by atoms with Crippen LogP contribution in [0.1, 0.15) is 58.8 Å². The molecule has 4 nitrogen and oxygen atoms in total. The molecule has 4 heteroatoms. The van der Waals surface area contributed by atoms with Gasteiger partial charge in [0.1, 0.15) is 0 Å². The number of esters is 1. The highest BCUT2D eigenvalue weighted by molar-refractivity contribution is 5.73. The van der Waals surface area contributed by atoms with Crippen molar-refractivity contribution in [1.29, 1.82) is 0 Å². The Balaban J connectivity index is 2.54. The lowest BCUT2D eigenvalue weighted by atomic mass is 9.79. The van der Waals surface area contributed by atoms with E-state index in [1.165, 1.54) is 0 Å². The fourth-order valence-electron chi connectivity index (χ4n) is 2.52. The Hall–Kier alpha value is -1.06. The molecule has 0 radical (unpaired) electrons. The third-order valence-electron chi connectivity index (χ3n) is 3.62. The first-order chi connectivity index (χ1) is 7.97. The lowest BCUT2D eigenvalue weighted by Crippen LogP contribution is -2.27. The molecule has 1 aliphatic rings. The van der Waals surface area contributed by atoms with Crippen LogP contribution in [0.3, 0.4) is 0 Å². The van der Waals surface area contributed by atoms with Crippen molar-refractivity contribution < 1.29 is 19.4 Å². The number of ether oxygens (including phenoxy) is 1. The van der Waals surface area contributed by atoms with Gasteiger partial charge in [0.15, 0.2) is 0 Å². The minimum atomic E-state index is -0.816. The van der Waals surface area contributed by atoms with Crippen molar-refractivity contribution in [3.63, 3.8) is 0 Å². The van der Waals surface area contributed by atoms with Gasteiger partial charge in [-0.3, -0.25) is 9.59 Å². The van der Waals surface area contributed by atoms with Gasteiger partial charge in [-0.1, -0.05) is 19.8 Å². The predicted octanol–water partition coefficient (Wildman–Crippen LogP) is 2.75. The molecule has 1 aliphatic carbocycles. The second-order valence-electron chi connectivity index (χ2n) is 5.16. The summed E-state index contributed by atoms with van der Waals surface area (Å²) in [5.74, 6) is -1.06. The van der Waals surface area contributed by atoms with E-state index < -0.39 is 5.97 Å². The van der Waals surface area contributed by atoms with Crippen LogP contribution in [0.15, 0.2) is 0 Å². The fraction of sp³-hybridized carbons (Fsp3) is 0.846. The Kier molecular flexibility index (Phi) is 4.97. The number of rotatable bonds is 6. The molecule has 0 spiro atoms. The van der Waals surface area contributed by atoms with Crippen LogP contribution in [-0.2, 0) is 14.3 Å². The van der Waals surface area contributed by atoms with Crippen molar-refractivity contribution in [2.45, 2.75) is 64.9 Å². The van der Waals surface area contributed by atoms with Crippen molar-refractivity contribution in [1.82, 2.24) is 0 Å². The van der Waals surface area contributed by atoms with Crippen LogP contribution in [0.25, 0.3) is 0 Å². The maximum atomic E-state index is 11.7.